The zero-order valence-electron chi connectivity index (χ0n) is 11.1. The van der Waals surface area contributed by atoms with E-state index in [1.807, 2.05) is 13.8 Å². The number of aromatic hydroxyl groups is 1. The zero-order valence-corrected chi connectivity index (χ0v) is 11.1. The first-order valence-corrected chi connectivity index (χ1v) is 6.22. The van der Waals surface area contributed by atoms with Crippen LogP contribution in [0.1, 0.15) is 36.2 Å². The van der Waals surface area contributed by atoms with E-state index in [-0.39, 0.29) is 24.1 Å². The molecule has 0 aliphatic carbocycles. The van der Waals surface area contributed by atoms with E-state index in [1.54, 1.807) is 25.1 Å². The average molecular weight is 251 g/mol. The molecular formula is C14H21NO3. The van der Waals surface area contributed by atoms with E-state index in [4.69, 9.17) is 0 Å². The van der Waals surface area contributed by atoms with E-state index in [1.165, 1.54) is 0 Å². The molecule has 0 fully saturated rings. The van der Waals surface area contributed by atoms with E-state index >= 15 is 0 Å². The highest BCUT2D eigenvalue weighted by Gasteiger charge is 2.15. The number of nitrogens with one attached hydrogen (secondary N) is 1. The third-order valence-corrected chi connectivity index (χ3v) is 3.32. The lowest BCUT2D eigenvalue weighted by molar-refractivity contribution is 0.0849. The van der Waals surface area contributed by atoms with Crippen molar-refractivity contribution in [3.63, 3.8) is 0 Å². The van der Waals surface area contributed by atoms with Crippen LogP contribution in [0.3, 0.4) is 0 Å². The Bertz CT molecular complexity index is 418. The molecule has 0 heterocycles. The Labute approximate surface area is 108 Å². The molecule has 4 heteroatoms. The van der Waals surface area contributed by atoms with Crippen molar-refractivity contribution in [2.75, 3.05) is 6.54 Å². The van der Waals surface area contributed by atoms with Gasteiger partial charge in [-0.15, -0.1) is 0 Å². The third-order valence-electron chi connectivity index (χ3n) is 3.32. The standard InChI is InChI=1S/C14H21NO3/c1-4-9(2)13(17)8-15-14(18)11-6-5-7-12(16)10(11)3/h5-7,9,13,16-17H,4,8H2,1-3H3,(H,15,18). The summed E-state index contributed by atoms with van der Waals surface area (Å²) in [7, 11) is 0. The molecule has 0 aliphatic rings. The van der Waals surface area contributed by atoms with Gasteiger partial charge in [0.2, 0.25) is 0 Å². The molecule has 4 nitrogen and oxygen atoms in total. The monoisotopic (exact) mass is 251 g/mol. The second-order valence-corrected chi connectivity index (χ2v) is 4.61. The maximum Gasteiger partial charge on any atom is 0.251 e. The fraction of sp³-hybridized carbons (Fsp3) is 0.500. The van der Waals surface area contributed by atoms with Gasteiger partial charge in [-0.2, -0.15) is 0 Å². The van der Waals surface area contributed by atoms with E-state index < -0.39 is 6.10 Å². The highest BCUT2D eigenvalue weighted by atomic mass is 16.3. The first kappa shape index (κ1) is 14.5. The Balaban J connectivity index is 2.64. The number of phenolic OH excluding ortho intramolecular Hbond substituents is 1. The molecule has 0 saturated heterocycles. The molecule has 0 bridgehead atoms. The van der Waals surface area contributed by atoms with Gasteiger partial charge in [-0.3, -0.25) is 4.79 Å². The van der Waals surface area contributed by atoms with Crippen LogP contribution < -0.4 is 5.32 Å². The number of hydrogen-bond donors (Lipinski definition) is 3. The van der Waals surface area contributed by atoms with E-state index in [9.17, 15) is 15.0 Å². The molecule has 1 rings (SSSR count). The van der Waals surface area contributed by atoms with Crippen LogP contribution in [0.4, 0.5) is 0 Å². The number of carbonyl (C=O) groups is 1. The van der Waals surface area contributed by atoms with Crippen LogP contribution in [0.25, 0.3) is 0 Å². The van der Waals surface area contributed by atoms with Crippen LogP contribution in [0.2, 0.25) is 0 Å². The SMILES string of the molecule is CCC(C)C(O)CNC(=O)c1cccc(O)c1C. The van der Waals surface area contributed by atoms with Gasteiger partial charge < -0.3 is 15.5 Å². The Kier molecular flexibility index (Phi) is 5.16. The van der Waals surface area contributed by atoms with Crippen molar-refractivity contribution in [2.45, 2.75) is 33.3 Å². The fourth-order valence-electron chi connectivity index (χ4n) is 1.64. The summed E-state index contributed by atoms with van der Waals surface area (Å²) in [5.74, 6) is -0.0218. The summed E-state index contributed by atoms with van der Waals surface area (Å²) in [5, 5.41) is 22.0. The Morgan fingerprint density at radius 3 is 2.72 bits per heavy atom. The fourth-order valence-corrected chi connectivity index (χ4v) is 1.64. The molecule has 2 unspecified atom stereocenters. The van der Waals surface area contributed by atoms with Crippen LogP contribution in [-0.4, -0.2) is 28.8 Å². The lowest BCUT2D eigenvalue weighted by atomic mass is 10.0. The summed E-state index contributed by atoms with van der Waals surface area (Å²) in [6.45, 7) is 5.85. The van der Waals surface area contributed by atoms with Crippen molar-refractivity contribution >= 4 is 5.91 Å². The molecule has 3 N–H and O–H groups in total. The second-order valence-electron chi connectivity index (χ2n) is 4.61. The highest BCUT2D eigenvalue weighted by Crippen LogP contribution is 2.19. The number of phenols is 1. The topological polar surface area (TPSA) is 69.6 Å². The Hall–Kier alpha value is -1.55. The molecular weight excluding hydrogens is 230 g/mol. The van der Waals surface area contributed by atoms with Crippen molar-refractivity contribution in [1.82, 2.24) is 5.32 Å². The number of amides is 1. The lowest BCUT2D eigenvalue weighted by Gasteiger charge is -2.18. The van der Waals surface area contributed by atoms with Gasteiger partial charge in [0.25, 0.3) is 5.91 Å². The number of hydrogen-bond acceptors (Lipinski definition) is 3. The third kappa shape index (κ3) is 3.47. The minimum Gasteiger partial charge on any atom is -0.508 e. The molecule has 0 radical (unpaired) electrons. The number of rotatable bonds is 5. The predicted molar refractivity (Wildman–Crippen MR) is 70.6 cm³/mol. The zero-order chi connectivity index (χ0) is 13.7. The van der Waals surface area contributed by atoms with Gasteiger partial charge in [0, 0.05) is 17.7 Å². The molecule has 1 aromatic carbocycles. The van der Waals surface area contributed by atoms with Crippen molar-refractivity contribution in [3.8, 4) is 5.75 Å². The summed E-state index contributed by atoms with van der Waals surface area (Å²) in [6, 6.07) is 4.82. The largest absolute Gasteiger partial charge is 0.508 e. The van der Waals surface area contributed by atoms with E-state index in [0.29, 0.717) is 11.1 Å². The van der Waals surface area contributed by atoms with Gasteiger partial charge in [0.15, 0.2) is 0 Å². The molecule has 0 spiro atoms. The molecule has 0 aromatic heterocycles. The Morgan fingerprint density at radius 1 is 1.44 bits per heavy atom. The van der Waals surface area contributed by atoms with Crippen molar-refractivity contribution < 1.29 is 15.0 Å². The van der Waals surface area contributed by atoms with Gasteiger partial charge >= 0.3 is 0 Å². The van der Waals surface area contributed by atoms with Gasteiger partial charge in [-0.05, 0) is 25.0 Å². The normalized spacial score (nSPS) is 14.0. The molecule has 1 aromatic rings. The van der Waals surface area contributed by atoms with Gasteiger partial charge in [0.05, 0.1) is 6.10 Å². The van der Waals surface area contributed by atoms with Crippen LogP contribution in [0.5, 0.6) is 5.75 Å². The molecule has 100 valence electrons. The molecule has 1 amide bonds. The summed E-state index contributed by atoms with van der Waals surface area (Å²) in [5.41, 5.74) is 0.986. The summed E-state index contributed by atoms with van der Waals surface area (Å²) in [4.78, 5) is 11.9. The van der Waals surface area contributed by atoms with E-state index in [2.05, 4.69) is 5.32 Å². The van der Waals surface area contributed by atoms with Gasteiger partial charge in [-0.25, -0.2) is 0 Å². The molecule has 18 heavy (non-hydrogen) atoms. The quantitative estimate of drug-likeness (QED) is 0.748. The first-order chi connectivity index (χ1) is 8.47. The van der Waals surface area contributed by atoms with Gasteiger partial charge in [-0.1, -0.05) is 26.3 Å². The predicted octanol–water partition coefficient (Wildman–Crippen LogP) is 1.84. The van der Waals surface area contributed by atoms with Crippen LogP contribution in [0, 0.1) is 12.8 Å². The first-order valence-electron chi connectivity index (χ1n) is 6.22. The maximum absolute atomic E-state index is 11.9. The molecule has 0 saturated carbocycles. The number of benzene rings is 1. The van der Waals surface area contributed by atoms with Crippen molar-refractivity contribution in [3.05, 3.63) is 29.3 Å². The second kappa shape index (κ2) is 6.40. The van der Waals surface area contributed by atoms with Crippen LogP contribution in [0.15, 0.2) is 18.2 Å². The Morgan fingerprint density at radius 2 is 2.11 bits per heavy atom. The molecule has 0 aliphatic heterocycles. The minimum atomic E-state index is -0.545. The highest BCUT2D eigenvalue weighted by molar-refractivity contribution is 5.96. The summed E-state index contributed by atoms with van der Waals surface area (Å²) in [6.07, 6.45) is 0.318. The average Bonchev–Trinajstić information content (AvgIpc) is 2.37. The lowest BCUT2D eigenvalue weighted by Crippen LogP contribution is -2.35. The smallest absolute Gasteiger partial charge is 0.251 e. The van der Waals surface area contributed by atoms with Crippen molar-refractivity contribution in [1.29, 1.82) is 0 Å². The number of aliphatic hydroxyl groups excluding tert-OH is 1. The van der Waals surface area contributed by atoms with Crippen LogP contribution >= 0.6 is 0 Å². The van der Waals surface area contributed by atoms with Crippen molar-refractivity contribution in [2.24, 2.45) is 5.92 Å². The maximum atomic E-state index is 11.9. The molecule has 2 atom stereocenters. The number of carbonyl (C=O) groups excluding carboxylic acids is 1. The summed E-state index contributed by atoms with van der Waals surface area (Å²) >= 11 is 0. The van der Waals surface area contributed by atoms with Gasteiger partial charge in [0.1, 0.15) is 5.75 Å². The van der Waals surface area contributed by atoms with E-state index in [0.717, 1.165) is 6.42 Å². The van der Waals surface area contributed by atoms with Crippen LogP contribution in [-0.2, 0) is 0 Å². The summed E-state index contributed by atoms with van der Waals surface area (Å²) < 4.78 is 0. The minimum absolute atomic E-state index is 0.102. The number of aliphatic hydroxyl groups is 1.